The highest BCUT2D eigenvalue weighted by Crippen LogP contribution is 2.14. The van der Waals surface area contributed by atoms with E-state index < -0.39 is 5.60 Å². The highest BCUT2D eigenvalue weighted by atomic mass is 16.3. The first-order valence-electron chi connectivity index (χ1n) is 3.97. The lowest BCUT2D eigenvalue weighted by atomic mass is 9.93. The number of aliphatic hydroxyl groups is 1. The van der Waals surface area contributed by atoms with Crippen LogP contribution in [0, 0.1) is 0 Å². The van der Waals surface area contributed by atoms with E-state index in [2.05, 4.69) is 17.2 Å². The van der Waals surface area contributed by atoms with Crippen molar-refractivity contribution in [3.63, 3.8) is 0 Å². The molecule has 1 fully saturated rings. The van der Waals surface area contributed by atoms with Gasteiger partial charge in [0.25, 0.3) is 0 Å². The fourth-order valence-electron chi connectivity index (χ4n) is 1.09. The number of carbonyl (C=O) groups excluding carboxylic acids is 1. The van der Waals surface area contributed by atoms with Crippen LogP contribution < -0.4 is 10.6 Å². The summed E-state index contributed by atoms with van der Waals surface area (Å²) in [5.74, 6) is -0.126. The second-order valence-electron chi connectivity index (χ2n) is 3.10. The number of rotatable bonds is 4. The van der Waals surface area contributed by atoms with E-state index in [-0.39, 0.29) is 12.3 Å². The molecular weight excluding hydrogens is 156 g/mol. The molecule has 0 aromatic heterocycles. The Balaban J connectivity index is 2.21. The van der Waals surface area contributed by atoms with Gasteiger partial charge in [0.1, 0.15) is 0 Å². The van der Waals surface area contributed by atoms with Crippen LogP contribution in [-0.4, -0.2) is 36.2 Å². The number of amides is 1. The Labute approximate surface area is 71.7 Å². The van der Waals surface area contributed by atoms with Gasteiger partial charge in [0, 0.05) is 19.6 Å². The first-order valence-corrected chi connectivity index (χ1v) is 3.97. The van der Waals surface area contributed by atoms with E-state index in [0.29, 0.717) is 19.6 Å². The van der Waals surface area contributed by atoms with E-state index in [0.717, 1.165) is 0 Å². The zero-order valence-corrected chi connectivity index (χ0v) is 6.97. The summed E-state index contributed by atoms with van der Waals surface area (Å²) in [5, 5.41) is 15.1. The molecule has 1 aliphatic rings. The van der Waals surface area contributed by atoms with Crippen molar-refractivity contribution < 1.29 is 9.90 Å². The summed E-state index contributed by atoms with van der Waals surface area (Å²) in [7, 11) is 0. The number of carbonyl (C=O) groups is 1. The molecule has 0 aromatic rings. The van der Waals surface area contributed by atoms with Gasteiger partial charge in [-0.3, -0.25) is 4.79 Å². The average molecular weight is 170 g/mol. The van der Waals surface area contributed by atoms with Crippen LogP contribution >= 0.6 is 0 Å². The Morgan fingerprint density at radius 3 is 2.83 bits per heavy atom. The molecular formula is C8H14N2O2. The molecule has 0 spiro atoms. The summed E-state index contributed by atoms with van der Waals surface area (Å²) in [5.41, 5.74) is -0.814. The predicted octanol–water partition coefficient (Wildman–Crippen LogP) is -0.987. The molecule has 1 amide bonds. The first kappa shape index (κ1) is 9.22. The molecule has 1 aliphatic heterocycles. The highest BCUT2D eigenvalue weighted by Gasteiger charge is 2.36. The molecule has 1 saturated heterocycles. The van der Waals surface area contributed by atoms with Gasteiger partial charge in [0.05, 0.1) is 12.0 Å². The molecule has 0 aliphatic carbocycles. The molecule has 12 heavy (non-hydrogen) atoms. The van der Waals surface area contributed by atoms with Crippen molar-refractivity contribution in [1.82, 2.24) is 10.6 Å². The second kappa shape index (κ2) is 3.69. The predicted molar refractivity (Wildman–Crippen MR) is 45.6 cm³/mol. The maximum Gasteiger partial charge on any atom is 0.223 e. The Bertz CT molecular complexity index is 187. The van der Waals surface area contributed by atoms with Crippen molar-refractivity contribution in [2.45, 2.75) is 12.0 Å². The van der Waals surface area contributed by atoms with Crippen LogP contribution in [0.4, 0.5) is 0 Å². The van der Waals surface area contributed by atoms with Gasteiger partial charge in [-0.15, -0.1) is 6.58 Å². The fraction of sp³-hybridized carbons (Fsp3) is 0.625. The lowest BCUT2D eigenvalue weighted by Gasteiger charge is -2.36. The molecule has 0 atom stereocenters. The molecule has 68 valence electrons. The monoisotopic (exact) mass is 170 g/mol. The third-order valence-electron chi connectivity index (χ3n) is 1.84. The Morgan fingerprint density at radius 2 is 2.42 bits per heavy atom. The van der Waals surface area contributed by atoms with E-state index in [1.165, 1.54) is 0 Å². The largest absolute Gasteiger partial charge is 0.387 e. The molecule has 0 saturated carbocycles. The van der Waals surface area contributed by atoms with E-state index in [1.54, 1.807) is 6.08 Å². The minimum atomic E-state index is -0.814. The molecule has 4 nitrogen and oxygen atoms in total. The smallest absolute Gasteiger partial charge is 0.223 e. The Kier molecular flexibility index (Phi) is 2.83. The van der Waals surface area contributed by atoms with Crippen LogP contribution in [0.15, 0.2) is 12.7 Å². The zero-order valence-electron chi connectivity index (χ0n) is 6.97. The summed E-state index contributed by atoms with van der Waals surface area (Å²) in [4.78, 5) is 11.1. The van der Waals surface area contributed by atoms with Crippen molar-refractivity contribution in [1.29, 1.82) is 0 Å². The van der Waals surface area contributed by atoms with Crippen molar-refractivity contribution in [2.75, 3.05) is 19.6 Å². The first-order chi connectivity index (χ1) is 5.66. The van der Waals surface area contributed by atoms with Crippen LogP contribution in [0.1, 0.15) is 6.42 Å². The molecule has 0 radical (unpaired) electrons. The summed E-state index contributed by atoms with van der Waals surface area (Å²) >= 11 is 0. The van der Waals surface area contributed by atoms with Gasteiger partial charge < -0.3 is 15.7 Å². The van der Waals surface area contributed by atoms with Crippen LogP contribution in [0.3, 0.4) is 0 Å². The van der Waals surface area contributed by atoms with Gasteiger partial charge in [-0.25, -0.2) is 0 Å². The van der Waals surface area contributed by atoms with Crippen LogP contribution in [-0.2, 0) is 4.79 Å². The molecule has 0 bridgehead atoms. The van der Waals surface area contributed by atoms with Gasteiger partial charge >= 0.3 is 0 Å². The third-order valence-corrected chi connectivity index (χ3v) is 1.84. The maximum atomic E-state index is 11.1. The summed E-state index contributed by atoms with van der Waals surface area (Å²) in [6, 6.07) is 0. The number of hydrogen-bond donors (Lipinski definition) is 3. The highest BCUT2D eigenvalue weighted by molar-refractivity contribution is 5.77. The van der Waals surface area contributed by atoms with Crippen molar-refractivity contribution in [3.8, 4) is 0 Å². The summed E-state index contributed by atoms with van der Waals surface area (Å²) in [6.45, 7) is 4.95. The topological polar surface area (TPSA) is 61.4 Å². The molecule has 1 heterocycles. The number of β-amino-alcohol motifs (C(OH)–C–C–N with tert-alkyl or cyclic N) is 1. The van der Waals surface area contributed by atoms with Gasteiger partial charge in [0.2, 0.25) is 5.91 Å². The summed E-state index contributed by atoms with van der Waals surface area (Å²) < 4.78 is 0. The fourth-order valence-corrected chi connectivity index (χ4v) is 1.09. The van der Waals surface area contributed by atoms with Gasteiger partial charge in [-0.2, -0.15) is 0 Å². The number of hydrogen-bond acceptors (Lipinski definition) is 3. The lowest BCUT2D eigenvalue weighted by molar-refractivity contribution is -0.128. The Morgan fingerprint density at radius 1 is 1.75 bits per heavy atom. The Hall–Kier alpha value is -0.870. The maximum absolute atomic E-state index is 11.1. The van der Waals surface area contributed by atoms with Crippen molar-refractivity contribution in [2.24, 2.45) is 0 Å². The third kappa shape index (κ3) is 2.32. The SMILES string of the molecule is C=CCNC(=O)CC1(O)CNC1. The quantitative estimate of drug-likeness (QED) is 0.475. The normalized spacial score (nSPS) is 19.4. The minimum Gasteiger partial charge on any atom is -0.387 e. The molecule has 1 rings (SSSR count). The molecule has 4 heteroatoms. The molecule has 3 N–H and O–H groups in total. The van der Waals surface area contributed by atoms with E-state index in [9.17, 15) is 9.90 Å². The van der Waals surface area contributed by atoms with Gasteiger partial charge in [-0.05, 0) is 0 Å². The second-order valence-corrected chi connectivity index (χ2v) is 3.10. The van der Waals surface area contributed by atoms with E-state index in [1.807, 2.05) is 0 Å². The minimum absolute atomic E-state index is 0.126. The van der Waals surface area contributed by atoms with Crippen LogP contribution in [0.5, 0.6) is 0 Å². The van der Waals surface area contributed by atoms with Crippen molar-refractivity contribution in [3.05, 3.63) is 12.7 Å². The molecule has 0 aromatic carbocycles. The van der Waals surface area contributed by atoms with Crippen LogP contribution in [0.25, 0.3) is 0 Å². The summed E-state index contributed by atoms with van der Waals surface area (Å²) in [6.07, 6.45) is 1.79. The van der Waals surface area contributed by atoms with Crippen molar-refractivity contribution >= 4 is 5.91 Å². The molecule has 0 unspecified atom stereocenters. The lowest BCUT2D eigenvalue weighted by Crippen LogP contribution is -2.61. The standard InChI is InChI=1S/C8H14N2O2/c1-2-3-10-7(11)4-8(12)5-9-6-8/h2,9,12H,1,3-6H2,(H,10,11). The van der Waals surface area contributed by atoms with E-state index >= 15 is 0 Å². The average Bonchev–Trinajstić information content (AvgIpc) is 1.98. The van der Waals surface area contributed by atoms with Gasteiger partial charge in [0.15, 0.2) is 0 Å². The van der Waals surface area contributed by atoms with E-state index in [4.69, 9.17) is 0 Å². The van der Waals surface area contributed by atoms with Crippen LogP contribution in [0.2, 0.25) is 0 Å². The van der Waals surface area contributed by atoms with Gasteiger partial charge in [-0.1, -0.05) is 6.08 Å². The number of nitrogens with one attached hydrogen (secondary N) is 2. The zero-order chi connectivity index (χ0) is 9.03.